The monoisotopic (exact) mass is 132 g/mol. The average Bonchev–Trinajstić information content (AvgIpc) is 1.77. The molecule has 0 aromatic heterocycles. The van der Waals surface area contributed by atoms with Crippen LogP contribution >= 0.6 is 0 Å². The van der Waals surface area contributed by atoms with E-state index in [1.165, 1.54) is 0 Å². The molecule has 0 aliphatic carbocycles. The van der Waals surface area contributed by atoms with Crippen molar-refractivity contribution in [2.24, 2.45) is 0 Å². The molecule has 1 fully saturated rings. The van der Waals surface area contributed by atoms with Gasteiger partial charge in [-0.05, 0) is 19.4 Å². The summed E-state index contributed by atoms with van der Waals surface area (Å²) >= 11 is 0. The normalized spacial score (nSPS) is 28.3. The van der Waals surface area contributed by atoms with Gasteiger partial charge in [-0.2, -0.15) is 0 Å². The third-order valence-corrected chi connectivity index (χ3v) is 1.52. The lowest BCUT2D eigenvalue weighted by Crippen LogP contribution is -2.48. The third kappa shape index (κ3) is 1.40. The van der Waals surface area contributed by atoms with Crippen LogP contribution in [0, 0.1) is 5.21 Å². The zero-order valence-electron chi connectivity index (χ0n) is 5.08. The van der Waals surface area contributed by atoms with Gasteiger partial charge in [0.2, 0.25) is 5.91 Å². The molecule has 0 aromatic rings. The maximum absolute atomic E-state index is 10.5. The van der Waals surface area contributed by atoms with E-state index in [1.807, 2.05) is 0 Å². The Morgan fingerprint density at radius 2 is 2.00 bits per heavy atom. The summed E-state index contributed by atoms with van der Waals surface area (Å²) in [6, 6.07) is 0. The van der Waals surface area contributed by atoms with E-state index in [9.17, 15) is 5.21 Å². The fraction of sp³-hybridized carbons (Fsp3) is 1.00. The third-order valence-electron chi connectivity index (χ3n) is 1.52. The predicted molar refractivity (Wildman–Crippen MR) is 31.1 cm³/mol. The molecule has 0 unspecified atom stereocenters. The molecule has 54 valence electrons. The molecule has 2 N–H and O–H groups in total. The summed E-state index contributed by atoms with van der Waals surface area (Å²) in [6.45, 7) is 0.229. The second-order valence-electron chi connectivity index (χ2n) is 2.33. The van der Waals surface area contributed by atoms with Gasteiger partial charge in [-0.15, -0.1) is 0 Å². The zero-order chi connectivity index (χ0) is 6.91. The quantitative estimate of drug-likeness (QED) is 0.440. The van der Waals surface area contributed by atoms with Crippen LogP contribution in [0.4, 0.5) is 0 Å². The molecular weight excluding hydrogens is 122 g/mol. The van der Waals surface area contributed by atoms with Gasteiger partial charge < -0.3 is 20.5 Å². The SMILES string of the molecule is [O-]N1CCCCC1(O)O. The van der Waals surface area contributed by atoms with Crippen molar-refractivity contribution in [2.75, 3.05) is 6.54 Å². The van der Waals surface area contributed by atoms with E-state index in [0.717, 1.165) is 6.42 Å². The Bertz CT molecular complexity index is 104. The first-order valence-corrected chi connectivity index (χ1v) is 3.02. The van der Waals surface area contributed by atoms with E-state index < -0.39 is 5.91 Å². The highest BCUT2D eigenvalue weighted by atomic mass is 16.6. The number of aliphatic hydroxyl groups is 2. The molecule has 9 heavy (non-hydrogen) atoms. The van der Waals surface area contributed by atoms with Gasteiger partial charge in [0.25, 0.3) is 0 Å². The van der Waals surface area contributed by atoms with Crippen LogP contribution in [0.1, 0.15) is 19.3 Å². The predicted octanol–water partition coefficient (Wildman–Crippen LogP) is -0.391. The van der Waals surface area contributed by atoms with Gasteiger partial charge in [0.05, 0.1) is 0 Å². The van der Waals surface area contributed by atoms with Gasteiger partial charge in [-0.3, -0.25) is 0 Å². The minimum atomic E-state index is -2.09. The van der Waals surface area contributed by atoms with Gasteiger partial charge >= 0.3 is 0 Å². The molecule has 0 amide bonds. The van der Waals surface area contributed by atoms with Gasteiger partial charge in [0.1, 0.15) is 0 Å². The summed E-state index contributed by atoms with van der Waals surface area (Å²) in [6.07, 6.45) is 1.63. The fourth-order valence-electron chi connectivity index (χ4n) is 0.921. The second kappa shape index (κ2) is 2.22. The lowest BCUT2D eigenvalue weighted by Gasteiger charge is -2.43. The molecule has 1 rings (SSSR count). The lowest BCUT2D eigenvalue weighted by molar-refractivity contribution is -0.262. The van der Waals surface area contributed by atoms with Crippen molar-refractivity contribution in [2.45, 2.75) is 25.2 Å². The molecule has 4 heteroatoms. The Hall–Kier alpha value is -0.160. The van der Waals surface area contributed by atoms with Crippen molar-refractivity contribution in [3.8, 4) is 0 Å². The first-order chi connectivity index (χ1) is 4.13. The first-order valence-electron chi connectivity index (χ1n) is 3.02. The van der Waals surface area contributed by atoms with Crippen molar-refractivity contribution in [3.63, 3.8) is 0 Å². The van der Waals surface area contributed by atoms with Crippen LogP contribution in [0.25, 0.3) is 0 Å². The summed E-state index contributed by atoms with van der Waals surface area (Å²) in [7, 11) is 0. The molecule has 1 heterocycles. The van der Waals surface area contributed by atoms with Crippen molar-refractivity contribution >= 4 is 0 Å². The number of hydrogen-bond acceptors (Lipinski definition) is 4. The van der Waals surface area contributed by atoms with E-state index >= 15 is 0 Å². The summed E-state index contributed by atoms with van der Waals surface area (Å²) < 4.78 is 0. The topological polar surface area (TPSA) is 66.8 Å². The number of hydrogen-bond donors (Lipinski definition) is 2. The van der Waals surface area contributed by atoms with Crippen molar-refractivity contribution in [1.29, 1.82) is 0 Å². The van der Waals surface area contributed by atoms with Crippen LogP contribution < -0.4 is 0 Å². The minimum Gasteiger partial charge on any atom is -0.781 e. The first kappa shape index (κ1) is 6.95. The molecule has 1 aliphatic rings. The van der Waals surface area contributed by atoms with Crippen LogP contribution in [0.5, 0.6) is 0 Å². The molecule has 0 aromatic carbocycles. The minimum absolute atomic E-state index is 0.163. The fourth-order valence-corrected chi connectivity index (χ4v) is 0.921. The highest BCUT2D eigenvalue weighted by Gasteiger charge is 2.27. The second-order valence-corrected chi connectivity index (χ2v) is 2.33. The molecule has 0 saturated carbocycles. The standard InChI is InChI=1S/C5H10NO3/c7-5(8)3-1-2-4-6(5)9/h7-8H,1-4H2/q-1. The Kier molecular flexibility index (Phi) is 1.72. The van der Waals surface area contributed by atoms with Crippen molar-refractivity contribution in [3.05, 3.63) is 5.21 Å². The Morgan fingerprint density at radius 3 is 2.33 bits per heavy atom. The average molecular weight is 132 g/mol. The van der Waals surface area contributed by atoms with Crippen LogP contribution in [0.2, 0.25) is 0 Å². The van der Waals surface area contributed by atoms with E-state index in [1.54, 1.807) is 0 Å². The number of rotatable bonds is 0. The Labute approximate surface area is 53.3 Å². The number of piperidine rings is 1. The van der Waals surface area contributed by atoms with E-state index in [4.69, 9.17) is 10.2 Å². The van der Waals surface area contributed by atoms with Crippen LogP contribution in [-0.4, -0.2) is 27.7 Å². The van der Waals surface area contributed by atoms with Crippen molar-refractivity contribution < 1.29 is 10.2 Å². The maximum Gasteiger partial charge on any atom is 0.213 e. The summed E-state index contributed by atoms with van der Waals surface area (Å²) in [5, 5.41) is 28.5. The molecule has 0 atom stereocenters. The summed E-state index contributed by atoms with van der Waals surface area (Å²) in [5.41, 5.74) is 0. The van der Waals surface area contributed by atoms with Gasteiger partial charge in [0.15, 0.2) is 0 Å². The molecule has 0 spiro atoms. The van der Waals surface area contributed by atoms with Crippen LogP contribution in [-0.2, 0) is 0 Å². The highest BCUT2D eigenvalue weighted by Crippen LogP contribution is 2.20. The Morgan fingerprint density at radius 1 is 1.33 bits per heavy atom. The zero-order valence-corrected chi connectivity index (χ0v) is 5.08. The van der Waals surface area contributed by atoms with Gasteiger partial charge in [0, 0.05) is 6.42 Å². The number of nitrogens with zero attached hydrogens (tertiary/aromatic N) is 1. The lowest BCUT2D eigenvalue weighted by atomic mass is 10.1. The van der Waals surface area contributed by atoms with Crippen molar-refractivity contribution in [1.82, 2.24) is 5.06 Å². The smallest absolute Gasteiger partial charge is 0.213 e. The Balaban J connectivity index is 2.49. The van der Waals surface area contributed by atoms with E-state index in [2.05, 4.69) is 0 Å². The molecular formula is C5H10NO3-. The van der Waals surface area contributed by atoms with Crippen LogP contribution in [0.3, 0.4) is 0 Å². The van der Waals surface area contributed by atoms with Gasteiger partial charge in [-0.1, -0.05) is 0 Å². The van der Waals surface area contributed by atoms with Crippen LogP contribution in [0.15, 0.2) is 0 Å². The largest absolute Gasteiger partial charge is 0.781 e. The molecule has 4 nitrogen and oxygen atoms in total. The molecule has 1 saturated heterocycles. The molecule has 1 aliphatic heterocycles. The summed E-state index contributed by atoms with van der Waals surface area (Å²) in [5.74, 6) is -2.09. The van der Waals surface area contributed by atoms with E-state index in [0.29, 0.717) is 11.5 Å². The molecule has 0 radical (unpaired) electrons. The summed E-state index contributed by atoms with van der Waals surface area (Å²) in [4.78, 5) is 0. The molecule has 0 bridgehead atoms. The highest BCUT2D eigenvalue weighted by molar-refractivity contribution is 4.73. The number of hydroxylamine groups is 2. The maximum atomic E-state index is 10.5. The van der Waals surface area contributed by atoms with E-state index in [-0.39, 0.29) is 13.0 Å². The van der Waals surface area contributed by atoms with Gasteiger partial charge in [-0.25, -0.2) is 0 Å².